The fraction of sp³-hybridized carbons (Fsp3) is 0.148. The lowest BCUT2D eigenvalue weighted by atomic mass is 9.98. The fourth-order valence-corrected chi connectivity index (χ4v) is 5.04. The summed E-state index contributed by atoms with van der Waals surface area (Å²) in [7, 11) is 0. The molecule has 3 aromatic carbocycles. The topological polar surface area (TPSA) is 97.5 Å². The molecular formula is C27H22N4O3S. The van der Waals surface area contributed by atoms with Gasteiger partial charge in [-0.25, -0.2) is 8.51 Å². The summed E-state index contributed by atoms with van der Waals surface area (Å²) in [6, 6.07) is 24.1. The largest absolute Gasteiger partial charge is 0.338 e. The van der Waals surface area contributed by atoms with E-state index < -0.39 is 11.3 Å². The van der Waals surface area contributed by atoms with Gasteiger partial charge in [-0.1, -0.05) is 36.4 Å². The van der Waals surface area contributed by atoms with Crippen molar-refractivity contribution in [3.05, 3.63) is 101 Å². The van der Waals surface area contributed by atoms with Crippen LogP contribution in [-0.4, -0.2) is 31.1 Å². The van der Waals surface area contributed by atoms with Crippen LogP contribution in [0.4, 0.5) is 11.4 Å². The van der Waals surface area contributed by atoms with Gasteiger partial charge in [-0.05, 0) is 59.5 Å². The van der Waals surface area contributed by atoms with Crippen LogP contribution in [0.25, 0.3) is 10.9 Å². The van der Waals surface area contributed by atoms with Gasteiger partial charge in [-0.15, -0.1) is 0 Å². The summed E-state index contributed by atoms with van der Waals surface area (Å²) in [6.45, 7) is 1.04. The average Bonchev–Trinajstić information content (AvgIpc) is 2.89. The summed E-state index contributed by atoms with van der Waals surface area (Å²) in [5.41, 5.74) is 5.22. The first-order valence-electron chi connectivity index (χ1n) is 11.2. The van der Waals surface area contributed by atoms with Crippen LogP contribution in [0.5, 0.6) is 0 Å². The number of carbonyl (C=O) groups excluding carboxylic acids is 1. The Morgan fingerprint density at radius 1 is 1.09 bits per heavy atom. The fourth-order valence-electron chi connectivity index (χ4n) is 4.43. The lowest BCUT2D eigenvalue weighted by Crippen LogP contribution is -2.37. The van der Waals surface area contributed by atoms with E-state index in [9.17, 15) is 13.6 Å². The van der Waals surface area contributed by atoms with E-state index in [0.717, 1.165) is 22.1 Å². The monoisotopic (exact) mass is 482 g/mol. The molecule has 1 amide bonds. The molecule has 1 unspecified atom stereocenters. The highest BCUT2D eigenvalue weighted by atomic mass is 32.2. The zero-order valence-electron chi connectivity index (χ0n) is 18.8. The highest BCUT2D eigenvalue weighted by Gasteiger charge is 2.24. The van der Waals surface area contributed by atoms with Crippen molar-refractivity contribution in [1.29, 1.82) is 5.26 Å². The van der Waals surface area contributed by atoms with E-state index in [1.165, 1.54) is 4.31 Å². The second-order valence-electron chi connectivity index (χ2n) is 8.38. The summed E-state index contributed by atoms with van der Waals surface area (Å²) >= 11 is -2.32. The maximum Gasteiger partial charge on any atom is 0.266 e. The van der Waals surface area contributed by atoms with E-state index in [1.54, 1.807) is 36.5 Å². The van der Waals surface area contributed by atoms with Crippen LogP contribution in [0.15, 0.2) is 79.0 Å². The Labute approximate surface area is 205 Å². The molecule has 2 heterocycles. The van der Waals surface area contributed by atoms with E-state index >= 15 is 0 Å². The van der Waals surface area contributed by atoms with Gasteiger partial charge in [0.25, 0.3) is 11.3 Å². The highest BCUT2D eigenvalue weighted by Crippen LogP contribution is 2.34. The molecule has 1 aromatic heterocycles. The van der Waals surface area contributed by atoms with E-state index in [1.807, 2.05) is 47.4 Å². The number of hydrogen-bond donors (Lipinski definition) is 1. The van der Waals surface area contributed by atoms with Crippen LogP contribution >= 0.6 is 0 Å². The molecule has 7 nitrogen and oxygen atoms in total. The lowest BCUT2D eigenvalue weighted by molar-refractivity contribution is -0.131. The Bertz CT molecular complexity index is 1480. The van der Waals surface area contributed by atoms with Crippen molar-refractivity contribution in [2.45, 2.75) is 19.4 Å². The van der Waals surface area contributed by atoms with Gasteiger partial charge in [0, 0.05) is 24.7 Å². The van der Waals surface area contributed by atoms with Gasteiger partial charge in [-0.2, -0.15) is 5.26 Å². The summed E-state index contributed by atoms with van der Waals surface area (Å²) in [5.74, 6) is 0.00612. The van der Waals surface area contributed by atoms with Crippen LogP contribution in [0.1, 0.15) is 22.3 Å². The van der Waals surface area contributed by atoms with Crippen molar-refractivity contribution >= 4 is 39.5 Å². The molecule has 0 radical (unpaired) electrons. The van der Waals surface area contributed by atoms with Crippen LogP contribution < -0.4 is 4.31 Å². The lowest BCUT2D eigenvalue weighted by Gasteiger charge is -2.30. The Morgan fingerprint density at radius 2 is 1.89 bits per heavy atom. The molecule has 5 rings (SSSR count). The number of aromatic nitrogens is 1. The van der Waals surface area contributed by atoms with Crippen molar-refractivity contribution in [1.82, 2.24) is 9.88 Å². The average molecular weight is 483 g/mol. The van der Waals surface area contributed by atoms with Gasteiger partial charge in [-0.3, -0.25) is 14.3 Å². The first-order valence-corrected chi connectivity index (χ1v) is 12.2. The molecule has 0 aliphatic carbocycles. The van der Waals surface area contributed by atoms with Crippen LogP contribution in [0, 0.1) is 11.3 Å². The smallest absolute Gasteiger partial charge is 0.266 e. The third kappa shape index (κ3) is 4.64. The number of amides is 1. The molecule has 35 heavy (non-hydrogen) atoms. The number of carbonyl (C=O) groups is 1. The van der Waals surface area contributed by atoms with Gasteiger partial charge in [0.05, 0.1) is 34.9 Å². The molecule has 0 saturated carbocycles. The molecule has 0 saturated heterocycles. The first kappa shape index (κ1) is 22.7. The number of para-hydroxylation sites is 1. The zero-order valence-corrected chi connectivity index (χ0v) is 19.6. The molecule has 174 valence electrons. The van der Waals surface area contributed by atoms with E-state index in [4.69, 9.17) is 5.26 Å². The number of fused-ring (bicyclic) bond motifs is 2. The third-order valence-electron chi connectivity index (χ3n) is 6.21. The van der Waals surface area contributed by atoms with Crippen molar-refractivity contribution in [3.63, 3.8) is 0 Å². The first-order chi connectivity index (χ1) is 17.0. The number of benzene rings is 3. The summed E-state index contributed by atoms with van der Waals surface area (Å²) < 4.78 is 24.0. The van der Waals surface area contributed by atoms with Crippen molar-refractivity contribution < 1.29 is 13.6 Å². The molecule has 8 heteroatoms. The second-order valence-corrected chi connectivity index (χ2v) is 9.21. The minimum Gasteiger partial charge on any atom is -0.338 e. The van der Waals surface area contributed by atoms with E-state index in [0.29, 0.717) is 42.0 Å². The Kier molecular flexibility index (Phi) is 6.27. The van der Waals surface area contributed by atoms with E-state index in [2.05, 4.69) is 11.1 Å². The Balaban J connectivity index is 1.42. The number of nitriles is 1. The van der Waals surface area contributed by atoms with Gasteiger partial charge < -0.3 is 4.90 Å². The quantitative estimate of drug-likeness (QED) is 0.422. The summed E-state index contributed by atoms with van der Waals surface area (Å²) in [5, 5.41) is 9.83. The molecule has 0 spiro atoms. The normalized spacial score (nSPS) is 13.7. The zero-order chi connectivity index (χ0) is 24.4. The summed E-state index contributed by atoms with van der Waals surface area (Å²) in [4.78, 5) is 19.2. The van der Waals surface area contributed by atoms with Crippen molar-refractivity contribution in [2.24, 2.45) is 0 Å². The van der Waals surface area contributed by atoms with Crippen molar-refractivity contribution in [3.8, 4) is 6.07 Å². The van der Waals surface area contributed by atoms with Crippen LogP contribution in [0.3, 0.4) is 0 Å². The molecule has 4 aromatic rings. The van der Waals surface area contributed by atoms with Gasteiger partial charge >= 0.3 is 0 Å². The number of pyridine rings is 1. The van der Waals surface area contributed by atoms with Gasteiger partial charge in [0.2, 0.25) is 5.91 Å². The van der Waals surface area contributed by atoms with Crippen LogP contribution in [-0.2, 0) is 35.4 Å². The maximum atomic E-state index is 13.0. The third-order valence-corrected chi connectivity index (χ3v) is 6.93. The molecule has 0 fully saturated rings. The molecule has 1 atom stereocenters. The van der Waals surface area contributed by atoms with Crippen LogP contribution in [0.2, 0.25) is 0 Å². The predicted molar refractivity (Wildman–Crippen MR) is 135 cm³/mol. The number of rotatable bonds is 5. The molecule has 1 aliphatic heterocycles. The van der Waals surface area contributed by atoms with Gasteiger partial charge in [0.1, 0.15) is 0 Å². The second kappa shape index (κ2) is 9.66. The molecule has 0 bridgehead atoms. The molecular weight excluding hydrogens is 460 g/mol. The minimum atomic E-state index is -2.32. The summed E-state index contributed by atoms with van der Waals surface area (Å²) in [6.07, 6.45) is 2.64. The number of anilines is 2. The standard InChI is InChI=1S/C27H22N4O3S/c28-17-20-8-6-19(7-9-20)15-26(32)30-14-12-21-10-11-24(16-23(21)18-30)31(35(33)34)25-5-1-3-22-4-2-13-29-27(22)25/h1-11,13,16H,12,14-15,18H2,(H,33,34). The minimum absolute atomic E-state index is 0.00612. The van der Waals surface area contributed by atoms with Gasteiger partial charge in [0.15, 0.2) is 0 Å². The Morgan fingerprint density at radius 3 is 2.66 bits per heavy atom. The predicted octanol–water partition coefficient (Wildman–Crippen LogP) is 4.51. The maximum absolute atomic E-state index is 13.0. The SMILES string of the molecule is N#Cc1ccc(CC(=O)N2CCc3ccc(N(c4cccc5cccnc45)S(=O)O)cc3C2)cc1. The Hall–Kier alpha value is -4.06. The number of nitrogens with zero attached hydrogens (tertiary/aromatic N) is 4. The van der Waals surface area contributed by atoms with Crippen molar-refractivity contribution in [2.75, 3.05) is 10.8 Å². The number of hydrogen-bond acceptors (Lipinski definition) is 4. The molecule has 1 N–H and O–H groups in total. The van der Waals surface area contributed by atoms with E-state index in [-0.39, 0.29) is 12.3 Å². The molecule has 1 aliphatic rings. The highest BCUT2D eigenvalue weighted by molar-refractivity contribution is 7.81.